The second-order valence-electron chi connectivity index (χ2n) is 9.49. The highest BCUT2D eigenvalue weighted by atomic mass is 32.2. The number of nitrogen functional groups attached to an aromatic ring is 1. The number of ether oxygens (including phenoxy) is 2. The summed E-state index contributed by atoms with van der Waals surface area (Å²) in [6, 6.07) is 11.1. The summed E-state index contributed by atoms with van der Waals surface area (Å²) >= 11 is 0. The molecule has 0 saturated heterocycles. The van der Waals surface area contributed by atoms with E-state index in [1.54, 1.807) is 19.1 Å². The Labute approximate surface area is 247 Å². The normalized spacial score (nSPS) is 11.7. The molecule has 2 aromatic carbocycles. The number of aryl methyl sites for hydroxylation is 1. The molecule has 5 rings (SSSR count). The number of ketones is 1. The SMILES string of the molecule is Cc1cc(Oc2ccccc2F)ncc1-n1ncc(C(=O)c2cc3cc(OC(F)F)c(NS(=O)(=O)CCCF)cc3[nH]2)c1N. The molecule has 0 aliphatic carbocycles. The van der Waals surface area contributed by atoms with Gasteiger partial charge in [-0.3, -0.25) is 13.9 Å². The van der Waals surface area contributed by atoms with Crippen LogP contribution in [0.3, 0.4) is 0 Å². The highest BCUT2D eigenvalue weighted by molar-refractivity contribution is 7.92. The van der Waals surface area contributed by atoms with Gasteiger partial charge in [-0.25, -0.2) is 22.5 Å². The van der Waals surface area contributed by atoms with Crippen molar-refractivity contribution < 1.29 is 40.2 Å². The number of rotatable bonds is 12. The van der Waals surface area contributed by atoms with Crippen LogP contribution in [0.15, 0.2) is 60.9 Å². The van der Waals surface area contributed by atoms with Crippen LogP contribution in [0.1, 0.15) is 28.0 Å². The zero-order chi connectivity index (χ0) is 31.6. The number of hydrogen-bond acceptors (Lipinski definition) is 8. The summed E-state index contributed by atoms with van der Waals surface area (Å²) in [5.41, 5.74) is 7.18. The topological polar surface area (TPSA) is 154 Å². The van der Waals surface area contributed by atoms with Gasteiger partial charge in [-0.2, -0.15) is 13.9 Å². The van der Waals surface area contributed by atoms with Crippen LogP contribution in [-0.2, 0) is 10.0 Å². The molecule has 3 aromatic heterocycles. The molecule has 3 heterocycles. The van der Waals surface area contributed by atoms with E-state index in [4.69, 9.17) is 10.5 Å². The third kappa shape index (κ3) is 6.44. The molecule has 5 aromatic rings. The van der Waals surface area contributed by atoms with Crippen LogP contribution in [0, 0.1) is 12.7 Å². The highest BCUT2D eigenvalue weighted by Gasteiger charge is 2.23. The Balaban J connectivity index is 1.43. The summed E-state index contributed by atoms with van der Waals surface area (Å²) in [6.07, 6.45) is 2.34. The average molecular weight is 633 g/mol. The lowest BCUT2D eigenvalue weighted by Gasteiger charge is -2.13. The second kappa shape index (κ2) is 12.2. The first-order valence-corrected chi connectivity index (χ1v) is 14.6. The summed E-state index contributed by atoms with van der Waals surface area (Å²) in [6.45, 7) is -2.44. The van der Waals surface area contributed by atoms with Crippen molar-refractivity contribution in [2.75, 3.05) is 22.9 Å². The summed E-state index contributed by atoms with van der Waals surface area (Å²) in [7, 11) is -4.08. The van der Waals surface area contributed by atoms with E-state index in [0.717, 1.165) is 6.07 Å². The molecule has 0 fully saturated rings. The fourth-order valence-electron chi connectivity index (χ4n) is 4.33. The molecule has 0 bridgehead atoms. The number of sulfonamides is 1. The summed E-state index contributed by atoms with van der Waals surface area (Å²) in [4.78, 5) is 20.4. The number of aromatic amines is 1. The third-order valence-corrected chi connectivity index (χ3v) is 7.74. The maximum atomic E-state index is 14.0. The van der Waals surface area contributed by atoms with E-state index in [1.165, 1.54) is 47.4 Å². The van der Waals surface area contributed by atoms with Crippen molar-refractivity contribution in [3.05, 3.63) is 83.6 Å². The Bertz CT molecular complexity index is 1960. The van der Waals surface area contributed by atoms with Crippen LogP contribution in [0.25, 0.3) is 16.6 Å². The number of nitrogens with two attached hydrogens (primary N) is 1. The van der Waals surface area contributed by atoms with Crippen LogP contribution in [0.2, 0.25) is 0 Å². The number of anilines is 2. The molecule has 0 spiro atoms. The Morgan fingerprint density at radius 3 is 2.61 bits per heavy atom. The predicted molar refractivity (Wildman–Crippen MR) is 153 cm³/mol. The van der Waals surface area contributed by atoms with E-state index in [1.807, 2.05) is 0 Å². The quantitative estimate of drug-likeness (QED) is 0.120. The number of nitrogens with zero attached hydrogens (tertiary/aromatic N) is 3. The Hall–Kier alpha value is -5.12. The van der Waals surface area contributed by atoms with Crippen LogP contribution in [-0.4, -0.2) is 53.0 Å². The van der Waals surface area contributed by atoms with E-state index < -0.39 is 46.4 Å². The molecule has 0 amide bonds. The minimum Gasteiger partial charge on any atom is -0.436 e. The number of aromatic nitrogens is 4. The number of carbonyl (C=O) groups is 1. The number of halogens is 4. The minimum absolute atomic E-state index is 0.00107. The zero-order valence-electron chi connectivity index (χ0n) is 22.9. The molecule has 0 aliphatic rings. The highest BCUT2D eigenvalue weighted by Crippen LogP contribution is 2.34. The van der Waals surface area contributed by atoms with Gasteiger partial charge in [0, 0.05) is 17.0 Å². The first-order chi connectivity index (χ1) is 21.0. The molecule has 0 atom stereocenters. The standard InChI is InChI=1S/C28H24F4N6O5S/c1-15-9-25(42-23-6-3-2-5-18(23)30)34-14-22(15)38-27(33)17(13-35-38)26(39)21-10-16-11-24(43-28(31)32)20(12-19(16)36-21)37-44(40,41)8-4-7-29/h2-3,5-6,9-14,28,36-37H,4,7-8,33H2,1H3. The van der Waals surface area contributed by atoms with Gasteiger partial charge in [-0.1, -0.05) is 12.1 Å². The number of carbonyl (C=O) groups excluding carboxylic acids is 1. The van der Waals surface area contributed by atoms with Crippen LogP contribution < -0.4 is 19.9 Å². The number of H-pyrrole nitrogens is 1. The monoisotopic (exact) mass is 632 g/mol. The van der Waals surface area contributed by atoms with Gasteiger partial charge < -0.3 is 20.2 Å². The molecule has 0 unspecified atom stereocenters. The second-order valence-corrected chi connectivity index (χ2v) is 11.3. The maximum absolute atomic E-state index is 14.0. The number of nitrogens with one attached hydrogen (secondary N) is 2. The lowest BCUT2D eigenvalue weighted by Crippen LogP contribution is -2.18. The number of pyridine rings is 1. The van der Waals surface area contributed by atoms with Gasteiger partial charge in [0.1, 0.15) is 5.82 Å². The fourth-order valence-corrected chi connectivity index (χ4v) is 5.41. The van der Waals surface area contributed by atoms with Gasteiger partial charge >= 0.3 is 6.61 Å². The molecular weight excluding hydrogens is 608 g/mol. The fraction of sp³-hybridized carbons (Fsp3) is 0.179. The number of fused-ring (bicyclic) bond motifs is 1. The van der Waals surface area contributed by atoms with Crippen LogP contribution >= 0.6 is 0 Å². The Kier molecular flexibility index (Phi) is 8.44. The van der Waals surface area contributed by atoms with Crippen molar-refractivity contribution in [3.63, 3.8) is 0 Å². The van der Waals surface area contributed by atoms with Gasteiger partial charge in [0.15, 0.2) is 17.3 Å². The minimum atomic E-state index is -4.08. The smallest absolute Gasteiger partial charge is 0.387 e. The van der Waals surface area contributed by atoms with Gasteiger partial charge in [-0.15, -0.1) is 0 Å². The lowest BCUT2D eigenvalue weighted by molar-refractivity contribution is -0.0492. The molecule has 0 aliphatic heterocycles. The molecule has 0 saturated carbocycles. The molecule has 44 heavy (non-hydrogen) atoms. The van der Waals surface area contributed by atoms with E-state index >= 15 is 0 Å². The van der Waals surface area contributed by atoms with Gasteiger partial charge in [0.2, 0.25) is 21.7 Å². The molecule has 16 heteroatoms. The van der Waals surface area contributed by atoms with E-state index in [2.05, 4.69) is 24.5 Å². The third-order valence-electron chi connectivity index (χ3n) is 6.38. The number of benzene rings is 2. The summed E-state index contributed by atoms with van der Waals surface area (Å²) in [5, 5.41) is 4.47. The summed E-state index contributed by atoms with van der Waals surface area (Å²) in [5.74, 6) is -2.16. The number of para-hydroxylation sites is 1. The maximum Gasteiger partial charge on any atom is 0.387 e. The van der Waals surface area contributed by atoms with Gasteiger partial charge in [0.25, 0.3) is 0 Å². The van der Waals surface area contributed by atoms with E-state index in [-0.39, 0.29) is 51.7 Å². The molecule has 230 valence electrons. The number of alkyl halides is 3. The Morgan fingerprint density at radius 2 is 1.91 bits per heavy atom. The first-order valence-electron chi connectivity index (χ1n) is 12.9. The molecule has 0 radical (unpaired) electrons. The van der Waals surface area contributed by atoms with Crippen molar-refractivity contribution in [2.45, 2.75) is 20.0 Å². The Morgan fingerprint density at radius 1 is 1.14 bits per heavy atom. The van der Waals surface area contributed by atoms with Crippen molar-refractivity contribution in [1.82, 2.24) is 19.7 Å². The number of hydrogen-bond donors (Lipinski definition) is 3. The van der Waals surface area contributed by atoms with Crippen molar-refractivity contribution in [1.29, 1.82) is 0 Å². The zero-order valence-corrected chi connectivity index (χ0v) is 23.7. The lowest BCUT2D eigenvalue weighted by atomic mass is 10.1. The van der Waals surface area contributed by atoms with Crippen LogP contribution in [0.4, 0.5) is 29.1 Å². The first kappa shape index (κ1) is 30.3. The largest absolute Gasteiger partial charge is 0.436 e. The van der Waals surface area contributed by atoms with Crippen LogP contribution in [0.5, 0.6) is 17.4 Å². The van der Waals surface area contributed by atoms with Crippen molar-refractivity contribution in [2.24, 2.45) is 0 Å². The van der Waals surface area contributed by atoms with Gasteiger partial charge in [0.05, 0.1) is 47.5 Å². The van der Waals surface area contributed by atoms with E-state index in [0.29, 0.717) is 11.3 Å². The molecular formula is C28H24F4N6O5S. The van der Waals surface area contributed by atoms with Crippen molar-refractivity contribution in [3.8, 4) is 23.1 Å². The molecule has 4 N–H and O–H groups in total. The van der Waals surface area contributed by atoms with Crippen molar-refractivity contribution >= 4 is 38.2 Å². The molecule has 11 nitrogen and oxygen atoms in total. The predicted octanol–water partition coefficient (Wildman–Crippen LogP) is 5.50. The summed E-state index contributed by atoms with van der Waals surface area (Å²) < 4.78 is 90.6. The van der Waals surface area contributed by atoms with E-state index in [9.17, 15) is 30.8 Å². The average Bonchev–Trinajstić information content (AvgIpc) is 3.55. The van der Waals surface area contributed by atoms with Gasteiger partial charge in [-0.05, 0) is 49.2 Å².